The lowest BCUT2D eigenvalue weighted by Gasteiger charge is -2.00. The van der Waals surface area contributed by atoms with Gasteiger partial charge < -0.3 is 9.72 Å². The number of esters is 1. The highest BCUT2D eigenvalue weighted by atomic mass is 32.1. The molecule has 30 heavy (non-hydrogen) atoms. The number of H-pyrrole nitrogens is 1. The lowest BCUT2D eigenvalue weighted by atomic mass is 10.1. The van der Waals surface area contributed by atoms with E-state index in [0.717, 1.165) is 22.5 Å². The number of thiazole rings is 1. The number of carbonyl (C=O) groups is 1. The molecule has 0 radical (unpaired) electrons. The van der Waals surface area contributed by atoms with Gasteiger partial charge >= 0.3 is 5.97 Å². The molecule has 1 N–H and O–H groups in total. The van der Waals surface area contributed by atoms with Crippen molar-refractivity contribution >= 4 is 29.5 Å². The second-order valence-electron chi connectivity index (χ2n) is 6.40. The molecule has 7 heteroatoms. The van der Waals surface area contributed by atoms with Gasteiger partial charge in [-0.15, -0.1) is 11.3 Å². The van der Waals surface area contributed by atoms with Gasteiger partial charge in [0.15, 0.2) is 0 Å². The van der Waals surface area contributed by atoms with Gasteiger partial charge in [0.05, 0.1) is 28.6 Å². The summed E-state index contributed by atoms with van der Waals surface area (Å²) in [4.78, 5) is 26.8. The second kappa shape index (κ2) is 8.75. The average molecular weight is 417 g/mol. The maximum Gasteiger partial charge on any atom is 0.333 e. The molecule has 150 valence electrons. The highest BCUT2D eigenvalue weighted by Crippen LogP contribution is 2.24. The third-order valence-corrected chi connectivity index (χ3v) is 5.28. The van der Waals surface area contributed by atoms with Crippen LogP contribution in [0.15, 0.2) is 71.7 Å². The van der Waals surface area contributed by atoms with E-state index >= 15 is 0 Å². The molecule has 0 aliphatic rings. The molecule has 2 aromatic carbocycles. The van der Waals surface area contributed by atoms with Crippen molar-refractivity contribution in [3.63, 3.8) is 0 Å². The van der Waals surface area contributed by atoms with Gasteiger partial charge in [-0.2, -0.15) is 5.10 Å². The summed E-state index contributed by atoms with van der Waals surface area (Å²) in [5, 5.41) is 4.75. The molecule has 0 bridgehead atoms. The van der Waals surface area contributed by atoms with Gasteiger partial charge in [0.1, 0.15) is 4.66 Å². The number of carbonyl (C=O) groups excluding carboxylic acids is 1. The molecule has 0 unspecified atom stereocenters. The van der Waals surface area contributed by atoms with Crippen LogP contribution in [-0.4, -0.2) is 27.3 Å². The summed E-state index contributed by atoms with van der Waals surface area (Å²) in [5.74, 6) is -0.483. The minimum Gasteiger partial charge on any atom is -0.463 e. The van der Waals surface area contributed by atoms with Crippen LogP contribution in [0.4, 0.5) is 0 Å². The Bertz CT molecular complexity index is 1340. The molecule has 0 atom stereocenters. The van der Waals surface area contributed by atoms with Gasteiger partial charge in [0, 0.05) is 17.3 Å². The van der Waals surface area contributed by atoms with Crippen molar-refractivity contribution in [2.75, 3.05) is 6.61 Å². The molecule has 2 aromatic heterocycles. The molecular formula is C23H19N3O3S. The minimum absolute atomic E-state index is 0.262. The topological polar surface area (TPSA) is 77.0 Å². The molecule has 0 aliphatic carbocycles. The number of aromatic nitrogens is 3. The monoisotopic (exact) mass is 417 g/mol. The van der Waals surface area contributed by atoms with Crippen LogP contribution in [0, 0.1) is 0 Å². The van der Waals surface area contributed by atoms with E-state index in [1.807, 2.05) is 66.9 Å². The van der Waals surface area contributed by atoms with E-state index < -0.39 is 5.97 Å². The summed E-state index contributed by atoms with van der Waals surface area (Å²) in [6.45, 7) is 2.01. The number of benzene rings is 2. The summed E-state index contributed by atoms with van der Waals surface area (Å²) in [6, 6.07) is 19.6. The highest BCUT2D eigenvalue weighted by molar-refractivity contribution is 7.07. The number of ether oxygens (including phenoxy) is 1. The zero-order valence-corrected chi connectivity index (χ0v) is 17.1. The Morgan fingerprint density at radius 2 is 1.83 bits per heavy atom. The summed E-state index contributed by atoms with van der Waals surface area (Å²) < 4.78 is 7.63. The van der Waals surface area contributed by atoms with Crippen LogP contribution < -0.4 is 14.8 Å². The third-order valence-electron chi connectivity index (χ3n) is 4.31. The zero-order valence-electron chi connectivity index (χ0n) is 16.2. The maximum atomic E-state index is 12.4. The van der Waals surface area contributed by atoms with Crippen molar-refractivity contribution in [2.24, 2.45) is 0 Å². The quantitative estimate of drug-likeness (QED) is 0.506. The van der Waals surface area contributed by atoms with Crippen LogP contribution in [0.3, 0.4) is 0 Å². The summed E-state index contributed by atoms with van der Waals surface area (Å²) >= 11 is 1.20. The van der Waals surface area contributed by atoms with Crippen molar-refractivity contribution in [1.29, 1.82) is 0 Å². The Kier molecular flexibility index (Phi) is 5.72. The van der Waals surface area contributed by atoms with Crippen LogP contribution in [0.25, 0.3) is 29.1 Å². The standard InChI is InChI=1S/C23H19N3O3S/c1-2-29-21(27)14-20-24-23(28)19(30-20)13-17-15-26(18-11-7-4-8-12-18)25-22(17)16-9-5-3-6-10-16/h3-15H,2H2,1H3,(H,24,28)/b19-13+,20-14+. The predicted molar refractivity (Wildman–Crippen MR) is 118 cm³/mol. The fourth-order valence-electron chi connectivity index (χ4n) is 2.98. The molecule has 4 aromatic rings. The molecule has 0 amide bonds. The Labute approximate surface area is 176 Å². The molecule has 0 saturated heterocycles. The second-order valence-corrected chi connectivity index (χ2v) is 7.49. The van der Waals surface area contributed by atoms with E-state index in [1.165, 1.54) is 17.4 Å². The van der Waals surface area contributed by atoms with Crippen LogP contribution in [0.5, 0.6) is 0 Å². The first-order valence-corrected chi connectivity index (χ1v) is 10.3. The Morgan fingerprint density at radius 1 is 1.13 bits per heavy atom. The van der Waals surface area contributed by atoms with E-state index in [-0.39, 0.29) is 12.2 Å². The fraction of sp³-hybridized carbons (Fsp3) is 0.0870. The molecule has 6 nitrogen and oxygen atoms in total. The average Bonchev–Trinajstić information content (AvgIpc) is 3.33. The highest BCUT2D eigenvalue weighted by Gasteiger charge is 2.11. The predicted octanol–water partition coefficient (Wildman–Crippen LogP) is 2.46. The number of nitrogens with one attached hydrogen (secondary N) is 1. The van der Waals surface area contributed by atoms with Gasteiger partial charge in [0.25, 0.3) is 5.56 Å². The van der Waals surface area contributed by atoms with Gasteiger partial charge in [-0.3, -0.25) is 4.79 Å². The number of hydrogen-bond donors (Lipinski definition) is 1. The number of rotatable bonds is 5. The first-order valence-electron chi connectivity index (χ1n) is 9.44. The van der Waals surface area contributed by atoms with Crippen molar-refractivity contribution in [1.82, 2.24) is 14.8 Å². The lowest BCUT2D eigenvalue weighted by Crippen LogP contribution is -2.20. The van der Waals surface area contributed by atoms with E-state index in [2.05, 4.69) is 4.98 Å². The van der Waals surface area contributed by atoms with Crippen LogP contribution in [0.1, 0.15) is 12.5 Å². The summed E-state index contributed by atoms with van der Waals surface area (Å²) in [5.41, 5.74) is 3.18. The SMILES string of the molecule is CCOC(=O)/C=c1\[nH]c(=O)/c(=C\c2cn(-c3ccccc3)nc2-c2ccccc2)s1. The normalized spacial score (nSPS) is 12.3. The number of aromatic amines is 1. The molecule has 0 aliphatic heterocycles. The first kappa shape index (κ1) is 19.6. The van der Waals surface area contributed by atoms with Crippen molar-refractivity contribution in [2.45, 2.75) is 6.92 Å². The molecule has 0 saturated carbocycles. The van der Waals surface area contributed by atoms with Crippen molar-refractivity contribution in [3.05, 3.63) is 92.0 Å². The van der Waals surface area contributed by atoms with Crippen LogP contribution >= 0.6 is 11.3 Å². The molecule has 0 fully saturated rings. The number of para-hydroxylation sites is 1. The van der Waals surface area contributed by atoms with Crippen molar-refractivity contribution < 1.29 is 9.53 Å². The third kappa shape index (κ3) is 4.31. The zero-order chi connectivity index (χ0) is 20.9. The maximum absolute atomic E-state index is 12.4. The minimum atomic E-state index is -0.483. The van der Waals surface area contributed by atoms with Gasteiger partial charge in [-0.25, -0.2) is 9.48 Å². The molecule has 0 spiro atoms. The van der Waals surface area contributed by atoms with E-state index in [1.54, 1.807) is 17.7 Å². The first-order chi connectivity index (χ1) is 14.6. The Morgan fingerprint density at radius 3 is 2.53 bits per heavy atom. The Hall–Kier alpha value is -3.71. The van der Waals surface area contributed by atoms with E-state index in [9.17, 15) is 9.59 Å². The largest absolute Gasteiger partial charge is 0.463 e. The van der Waals surface area contributed by atoms with E-state index in [4.69, 9.17) is 9.84 Å². The molecule has 4 rings (SSSR count). The van der Waals surface area contributed by atoms with Gasteiger partial charge in [0.2, 0.25) is 0 Å². The Balaban J connectivity index is 1.85. The van der Waals surface area contributed by atoms with Crippen molar-refractivity contribution in [3.8, 4) is 16.9 Å². The van der Waals surface area contributed by atoms with E-state index in [0.29, 0.717) is 9.20 Å². The fourth-order valence-corrected chi connectivity index (χ4v) is 3.85. The molecule has 2 heterocycles. The smallest absolute Gasteiger partial charge is 0.333 e. The van der Waals surface area contributed by atoms with Gasteiger partial charge in [-0.1, -0.05) is 48.5 Å². The lowest BCUT2D eigenvalue weighted by molar-refractivity contribution is -0.135. The van der Waals surface area contributed by atoms with Crippen LogP contribution in [-0.2, 0) is 9.53 Å². The number of hydrogen-bond acceptors (Lipinski definition) is 5. The van der Waals surface area contributed by atoms with Crippen LogP contribution in [0.2, 0.25) is 0 Å². The number of nitrogens with zero attached hydrogens (tertiary/aromatic N) is 2. The van der Waals surface area contributed by atoms with Gasteiger partial charge in [-0.05, 0) is 25.1 Å². The summed E-state index contributed by atoms with van der Waals surface area (Å²) in [7, 11) is 0. The molecular weight excluding hydrogens is 398 g/mol. The summed E-state index contributed by atoms with van der Waals surface area (Å²) in [6.07, 6.45) is 4.98.